The lowest BCUT2D eigenvalue weighted by molar-refractivity contribution is -1.03. The summed E-state index contributed by atoms with van der Waals surface area (Å²) in [7, 11) is -4.14. The summed E-state index contributed by atoms with van der Waals surface area (Å²) in [6.45, 7) is -0.156. The minimum Gasteiger partial charge on any atom is -0.477 e. The monoisotopic (exact) mass is 519 g/mol. The molecule has 5 rings (SSSR count). The fourth-order valence-corrected chi connectivity index (χ4v) is 6.66. The second kappa shape index (κ2) is 10.3. The van der Waals surface area contributed by atoms with E-state index in [0.717, 1.165) is 16.7 Å². The first-order chi connectivity index (χ1) is 17.9. The summed E-state index contributed by atoms with van der Waals surface area (Å²) in [5.41, 5.74) is 3.54. The number of hydroxylamine groups is 2. The topological polar surface area (TPSA) is 107 Å². The predicted molar refractivity (Wildman–Crippen MR) is 136 cm³/mol. The smallest absolute Gasteiger partial charge is 0.367 e. The van der Waals surface area contributed by atoms with Gasteiger partial charge in [0.15, 0.2) is 6.54 Å². The van der Waals surface area contributed by atoms with E-state index in [-0.39, 0.29) is 31.7 Å². The van der Waals surface area contributed by atoms with Gasteiger partial charge in [0, 0.05) is 24.0 Å². The molecular formula is C28H27N2O6S+. The van der Waals surface area contributed by atoms with E-state index in [1.165, 1.54) is 6.26 Å². The SMILES string of the molecule is O=C(O)C1Cc2ccccc2C[N+]1(OCCc1coc(-c2ccccc2)n1)S(=O)(=O)Cc1ccccc1. The number of rotatable bonds is 9. The number of aromatic nitrogens is 1. The van der Waals surface area contributed by atoms with Gasteiger partial charge in [-0.15, -0.1) is 0 Å². The third-order valence-electron chi connectivity index (χ3n) is 6.59. The number of benzene rings is 3. The lowest BCUT2D eigenvalue weighted by Gasteiger charge is -2.41. The second-order valence-electron chi connectivity index (χ2n) is 9.02. The van der Waals surface area contributed by atoms with Gasteiger partial charge in [-0.25, -0.2) is 9.78 Å². The van der Waals surface area contributed by atoms with Crippen molar-refractivity contribution in [1.82, 2.24) is 4.98 Å². The van der Waals surface area contributed by atoms with E-state index in [9.17, 15) is 18.3 Å². The van der Waals surface area contributed by atoms with Gasteiger partial charge < -0.3 is 9.52 Å². The molecule has 1 N–H and O–H groups in total. The van der Waals surface area contributed by atoms with Gasteiger partial charge >= 0.3 is 16.0 Å². The van der Waals surface area contributed by atoms with Gasteiger partial charge in [0.1, 0.15) is 18.6 Å². The van der Waals surface area contributed by atoms with Crippen LogP contribution in [-0.4, -0.2) is 41.2 Å². The lowest BCUT2D eigenvalue weighted by Crippen LogP contribution is -2.64. The first-order valence-corrected chi connectivity index (χ1v) is 13.6. The van der Waals surface area contributed by atoms with E-state index in [1.54, 1.807) is 30.3 Å². The minimum absolute atomic E-state index is 0.0433. The number of quaternary nitrogens is 1. The van der Waals surface area contributed by atoms with Gasteiger partial charge in [0.25, 0.3) is 0 Å². The zero-order valence-corrected chi connectivity index (χ0v) is 20.9. The molecule has 2 atom stereocenters. The fourth-order valence-electron chi connectivity index (χ4n) is 4.70. The minimum atomic E-state index is -4.14. The summed E-state index contributed by atoms with van der Waals surface area (Å²) < 4.78 is 32.5. The summed E-state index contributed by atoms with van der Waals surface area (Å²) >= 11 is 0. The predicted octanol–water partition coefficient (Wildman–Crippen LogP) is 4.37. The number of nitrogens with zero attached hydrogens (tertiary/aromatic N) is 2. The van der Waals surface area contributed by atoms with E-state index in [2.05, 4.69) is 4.98 Å². The highest BCUT2D eigenvalue weighted by molar-refractivity contribution is 7.85. The van der Waals surface area contributed by atoms with Crippen molar-refractivity contribution in [2.75, 3.05) is 6.61 Å². The maximum atomic E-state index is 14.0. The van der Waals surface area contributed by atoms with Crippen molar-refractivity contribution in [3.8, 4) is 11.5 Å². The molecule has 0 spiro atoms. The molecular weight excluding hydrogens is 492 g/mol. The Balaban J connectivity index is 1.45. The summed E-state index contributed by atoms with van der Waals surface area (Å²) in [4.78, 5) is 23.1. The van der Waals surface area contributed by atoms with Gasteiger partial charge in [-0.1, -0.05) is 76.8 Å². The van der Waals surface area contributed by atoms with E-state index in [0.29, 0.717) is 17.1 Å². The summed E-state index contributed by atoms with van der Waals surface area (Å²) in [6.07, 6.45) is 1.81. The van der Waals surface area contributed by atoms with Crippen molar-refractivity contribution >= 4 is 16.0 Å². The number of sulfonamides is 1. The highest BCUT2D eigenvalue weighted by Gasteiger charge is 2.57. The van der Waals surface area contributed by atoms with Crippen molar-refractivity contribution in [3.63, 3.8) is 0 Å². The van der Waals surface area contributed by atoms with E-state index in [1.807, 2.05) is 54.6 Å². The number of carboxylic acid groups (broad SMARTS) is 1. The normalized spacial score (nSPS) is 19.3. The average Bonchev–Trinajstić information content (AvgIpc) is 3.38. The molecule has 2 heterocycles. The highest BCUT2D eigenvalue weighted by atomic mass is 32.2. The molecule has 2 unspecified atom stereocenters. The van der Waals surface area contributed by atoms with Gasteiger partial charge in [0.2, 0.25) is 11.9 Å². The van der Waals surface area contributed by atoms with E-state index < -0.39 is 26.1 Å². The number of oxazole rings is 1. The maximum absolute atomic E-state index is 14.0. The van der Waals surface area contributed by atoms with Crippen LogP contribution in [0.2, 0.25) is 0 Å². The number of carbonyl (C=O) groups is 1. The number of fused-ring (bicyclic) bond motifs is 1. The Morgan fingerprint density at radius 3 is 2.32 bits per heavy atom. The Labute approximate surface area is 215 Å². The standard InChI is InChI=1S/C28H26N2O6S/c31-28(32)26-17-23-13-7-8-14-24(23)18-30(26,37(33,34)20-21-9-3-1-4-10-21)36-16-15-25-19-35-27(29-25)22-11-5-2-6-12-22/h1-14,19,26H,15-18,20H2/p+1. The number of hydrogen-bond acceptors (Lipinski definition) is 6. The Morgan fingerprint density at radius 1 is 0.973 bits per heavy atom. The molecule has 0 radical (unpaired) electrons. The first kappa shape index (κ1) is 24.9. The van der Waals surface area contributed by atoms with Crippen LogP contribution in [-0.2, 0) is 44.8 Å². The van der Waals surface area contributed by atoms with Crippen LogP contribution in [0.3, 0.4) is 0 Å². The Kier molecular flexibility index (Phi) is 6.92. The van der Waals surface area contributed by atoms with Crippen molar-refractivity contribution in [2.24, 2.45) is 0 Å². The van der Waals surface area contributed by atoms with Gasteiger partial charge in [-0.2, -0.15) is 13.3 Å². The molecule has 1 aliphatic rings. The third kappa shape index (κ3) is 5.06. The summed E-state index contributed by atoms with van der Waals surface area (Å²) in [5, 5.41) is 10.2. The first-order valence-electron chi connectivity index (χ1n) is 12.0. The molecule has 37 heavy (non-hydrogen) atoms. The Hall–Kier alpha value is -3.79. The van der Waals surface area contributed by atoms with E-state index >= 15 is 0 Å². The van der Waals surface area contributed by atoms with Crippen molar-refractivity contribution in [1.29, 1.82) is 0 Å². The number of aliphatic carboxylic acids is 1. The van der Waals surface area contributed by atoms with Crippen LogP contribution in [0.1, 0.15) is 22.4 Å². The van der Waals surface area contributed by atoms with Crippen LogP contribution in [0, 0.1) is 0 Å². The van der Waals surface area contributed by atoms with Crippen LogP contribution >= 0.6 is 0 Å². The van der Waals surface area contributed by atoms with Gasteiger partial charge in [0.05, 0.1) is 5.69 Å². The van der Waals surface area contributed by atoms with E-state index in [4.69, 9.17) is 9.25 Å². The van der Waals surface area contributed by atoms with Crippen molar-refractivity contribution < 1.29 is 31.6 Å². The molecule has 1 aromatic heterocycles. The molecule has 9 heteroatoms. The van der Waals surface area contributed by atoms with Gasteiger partial charge in [-0.3, -0.25) is 0 Å². The van der Waals surface area contributed by atoms with Crippen molar-refractivity contribution in [2.45, 2.75) is 31.2 Å². The van der Waals surface area contributed by atoms with Crippen LogP contribution in [0.5, 0.6) is 0 Å². The quantitative estimate of drug-likeness (QED) is 0.327. The molecule has 0 bridgehead atoms. The molecule has 4 aromatic rings. The Bertz CT molecular complexity index is 1490. The average molecular weight is 520 g/mol. The molecule has 190 valence electrons. The third-order valence-corrected chi connectivity index (χ3v) is 8.71. The summed E-state index contributed by atoms with van der Waals surface area (Å²) in [5.74, 6) is -1.12. The van der Waals surface area contributed by atoms with Crippen LogP contribution in [0.15, 0.2) is 95.6 Å². The molecule has 1 aliphatic heterocycles. The molecule has 0 fully saturated rings. The molecule has 0 amide bonds. The van der Waals surface area contributed by atoms with Crippen LogP contribution in [0.25, 0.3) is 11.5 Å². The number of carboxylic acids is 1. The second-order valence-corrected chi connectivity index (χ2v) is 11.1. The van der Waals surface area contributed by atoms with Crippen molar-refractivity contribution in [3.05, 3.63) is 114 Å². The number of hydrogen-bond donors (Lipinski definition) is 1. The lowest BCUT2D eigenvalue weighted by atomic mass is 9.95. The van der Waals surface area contributed by atoms with Gasteiger partial charge in [-0.05, 0) is 23.3 Å². The molecule has 8 nitrogen and oxygen atoms in total. The largest absolute Gasteiger partial charge is 0.477 e. The molecule has 0 saturated carbocycles. The van der Waals surface area contributed by atoms with Crippen LogP contribution in [0.4, 0.5) is 0 Å². The fraction of sp³-hybridized carbons (Fsp3) is 0.214. The summed E-state index contributed by atoms with van der Waals surface area (Å²) in [6, 6.07) is 24.1. The van der Waals surface area contributed by atoms with Crippen LogP contribution < -0.4 is 0 Å². The highest BCUT2D eigenvalue weighted by Crippen LogP contribution is 2.36. The zero-order valence-electron chi connectivity index (χ0n) is 20.1. The maximum Gasteiger partial charge on any atom is 0.367 e. The Morgan fingerprint density at radius 2 is 1.62 bits per heavy atom. The molecule has 0 saturated heterocycles. The molecule has 0 aliphatic carbocycles. The zero-order chi connectivity index (χ0) is 25.9. The molecule has 3 aromatic carbocycles.